The second-order valence-electron chi connectivity index (χ2n) is 3.58. The standard InChI is InChI=1S/C10H14N2O/c1-8-2-4-11-10(6-8)12-5-3-9(13)7-12/h2,4,6,9,13H,3,5,7H2,1H3. The van der Waals surface area contributed by atoms with Gasteiger partial charge in [0.2, 0.25) is 0 Å². The van der Waals surface area contributed by atoms with Crippen LogP contribution in [0, 0.1) is 6.92 Å². The van der Waals surface area contributed by atoms with Crippen molar-refractivity contribution >= 4 is 5.82 Å². The van der Waals surface area contributed by atoms with Gasteiger partial charge in [0.15, 0.2) is 0 Å². The molecule has 1 aliphatic heterocycles. The van der Waals surface area contributed by atoms with E-state index >= 15 is 0 Å². The number of nitrogens with zero attached hydrogens (tertiary/aromatic N) is 2. The minimum atomic E-state index is -0.178. The number of aromatic nitrogens is 1. The van der Waals surface area contributed by atoms with E-state index in [4.69, 9.17) is 0 Å². The third-order valence-electron chi connectivity index (χ3n) is 2.39. The number of aliphatic hydroxyl groups is 1. The maximum Gasteiger partial charge on any atom is 0.128 e. The minimum absolute atomic E-state index is 0.178. The molecule has 1 aromatic rings. The summed E-state index contributed by atoms with van der Waals surface area (Å²) in [6, 6.07) is 4.04. The topological polar surface area (TPSA) is 36.4 Å². The molecule has 2 rings (SSSR count). The summed E-state index contributed by atoms with van der Waals surface area (Å²) in [7, 11) is 0. The van der Waals surface area contributed by atoms with Gasteiger partial charge in [0.05, 0.1) is 6.10 Å². The van der Waals surface area contributed by atoms with Gasteiger partial charge < -0.3 is 10.0 Å². The quantitative estimate of drug-likeness (QED) is 0.696. The SMILES string of the molecule is Cc1ccnc(N2CCC(O)C2)c1. The number of aliphatic hydroxyl groups excluding tert-OH is 1. The van der Waals surface area contributed by atoms with E-state index < -0.39 is 0 Å². The molecule has 0 aromatic carbocycles. The molecule has 0 spiro atoms. The van der Waals surface area contributed by atoms with Crippen LogP contribution < -0.4 is 4.90 Å². The predicted molar refractivity (Wildman–Crippen MR) is 51.8 cm³/mol. The van der Waals surface area contributed by atoms with Crippen LogP contribution in [0.4, 0.5) is 5.82 Å². The van der Waals surface area contributed by atoms with Crippen LogP contribution >= 0.6 is 0 Å². The maximum atomic E-state index is 9.36. The van der Waals surface area contributed by atoms with Crippen molar-refractivity contribution < 1.29 is 5.11 Å². The van der Waals surface area contributed by atoms with Gasteiger partial charge in [-0.1, -0.05) is 0 Å². The summed E-state index contributed by atoms with van der Waals surface area (Å²) in [5.74, 6) is 0.983. The smallest absolute Gasteiger partial charge is 0.128 e. The van der Waals surface area contributed by atoms with Gasteiger partial charge >= 0.3 is 0 Å². The van der Waals surface area contributed by atoms with E-state index in [9.17, 15) is 5.11 Å². The van der Waals surface area contributed by atoms with Crippen molar-refractivity contribution in [2.45, 2.75) is 19.4 Å². The van der Waals surface area contributed by atoms with Crippen molar-refractivity contribution in [1.82, 2.24) is 4.98 Å². The molecule has 0 amide bonds. The van der Waals surface area contributed by atoms with E-state index in [1.165, 1.54) is 5.56 Å². The highest BCUT2D eigenvalue weighted by Gasteiger charge is 2.20. The summed E-state index contributed by atoms with van der Waals surface area (Å²) in [6.45, 7) is 3.69. The van der Waals surface area contributed by atoms with Gasteiger partial charge in [-0.15, -0.1) is 0 Å². The Labute approximate surface area is 78.0 Å². The monoisotopic (exact) mass is 178 g/mol. The second-order valence-corrected chi connectivity index (χ2v) is 3.58. The molecule has 13 heavy (non-hydrogen) atoms. The zero-order valence-electron chi connectivity index (χ0n) is 7.77. The fraction of sp³-hybridized carbons (Fsp3) is 0.500. The summed E-state index contributed by atoms with van der Waals surface area (Å²) in [4.78, 5) is 6.39. The van der Waals surface area contributed by atoms with E-state index in [1.807, 2.05) is 12.3 Å². The Morgan fingerprint density at radius 3 is 3.08 bits per heavy atom. The van der Waals surface area contributed by atoms with Crippen LogP contribution in [-0.2, 0) is 0 Å². The number of hydrogen-bond donors (Lipinski definition) is 1. The highest BCUT2D eigenvalue weighted by Crippen LogP contribution is 2.18. The second kappa shape index (κ2) is 3.34. The Balaban J connectivity index is 2.16. The third kappa shape index (κ3) is 1.80. The number of rotatable bonds is 1. The summed E-state index contributed by atoms with van der Waals surface area (Å²) < 4.78 is 0. The highest BCUT2D eigenvalue weighted by molar-refractivity contribution is 5.41. The van der Waals surface area contributed by atoms with Crippen LogP contribution in [-0.4, -0.2) is 29.3 Å². The highest BCUT2D eigenvalue weighted by atomic mass is 16.3. The first kappa shape index (κ1) is 8.51. The molecule has 0 radical (unpaired) electrons. The fourth-order valence-electron chi connectivity index (χ4n) is 1.64. The lowest BCUT2D eigenvalue weighted by molar-refractivity contribution is 0.198. The van der Waals surface area contributed by atoms with E-state index in [0.29, 0.717) is 0 Å². The number of aryl methyl sites for hydroxylation is 1. The molecule has 1 unspecified atom stereocenters. The molecule has 0 bridgehead atoms. The van der Waals surface area contributed by atoms with Crippen LogP contribution in [0.2, 0.25) is 0 Å². The molecular formula is C10H14N2O. The fourth-order valence-corrected chi connectivity index (χ4v) is 1.64. The molecule has 1 N–H and O–H groups in total. The molecule has 1 aliphatic rings. The summed E-state index contributed by atoms with van der Waals surface area (Å²) in [5.41, 5.74) is 1.21. The van der Waals surface area contributed by atoms with Crippen molar-refractivity contribution in [2.24, 2.45) is 0 Å². The molecule has 1 fully saturated rings. The molecule has 0 saturated carbocycles. The van der Waals surface area contributed by atoms with Gasteiger partial charge in [0.1, 0.15) is 5.82 Å². The van der Waals surface area contributed by atoms with Crippen molar-refractivity contribution in [3.63, 3.8) is 0 Å². The summed E-state index contributed by atoms with van der Waals surface area (Å²) in [6.07, 6.45) is 2.49. The van der Waals surface area contributed by atoms with Crippen molar-refractivity contribution in [1.29, 1.82) is 0 Å². The van der Waals surface area contributed by atoms with Gasteiger partial charge in [0, 0.05) is 19.3 Å². The Morgan fingerprint density at radius 1 is 1.62 bits per heavy atom. The first-order chi connectivity index (χ1) is 6.25. The van der Waals surface area contributed by atoms with Crippen molar-refractivity contribution in [2.75, 3.05) is 18.0 Å². The van der Waals surface area contributed by atoms with Gasteiger partial charge in [-0.25, -0.2) is 4.98 Å². The molecule has 0 aliphatic carbocycles. The Bertz CT molecular complexity index is 301. The van der Waals surface area contributed by atoms with Crippen LogP contribution in [0.15, 0.2) is 18.3 Å². The minimum Gasteiger partial charge on any atom is -0.391 e. The normalized spacial score (nSPS) is 22.3. The third-order valence-corrected chi connectivity index (χ3v) is 2.39. The molecule has 1 aromatic heterocycles. The van der Waals surface area contributed by atoms with Crippen LogP contribution in [0.5, 0.6) is 0 Å². The van der Waals surface area contributed by atoms with E-state index in [-0.39, 0.29) is 6.10 Å². The van der Waals surface area contributed by atoms with Gasteiger partial charge in [-0.05, 0) is 31.0 Å². The molecule has 70 valence electrons. The first-order valence-electron chi connectivity index (χ1n) is 4.61. The molecule has 2 heterocycles. The number of β-amino-alcohol motifs (C(OH)–C–C–N with tert-alkyl or cyclic N) is 1. The Hall–Kier alpha value is -1.09. The van der Waals surface area contributed by atoms with Crippen LogP contribution in [0.25, 0.3) is 0 Å². The van der Waals surface area contributed by atoms with Crippen LogP contribution in [0.1, 0.15) is 12.0 Å². The molecule has 1 atom stereocenters. The predicted octanol–water partition coefficient (Wildman–Crippen LogP) is 0.961. The zero-order valence-corrected chi connectivity index (χ0v) is 7.77. The van der Waals surface area contributed by atoms with Gasteiger partial charge in [-0.2, -0.15) is 0 Å². The molecule has 3 heteroatoms. The van der Waals surface area contributed by atoms with E-state index in [2.05, 4.69) is 22.9 Å². The lowest BCUT2D eigenvalue weighted by atomic mass is 10.3. The average Bonchev–Trinajstić information content (AvgIpc) is 2.52. The van der Waals surface area contributed by atoms with Crippen molar-refractivity contribution in [3.05, 3.63) is 23.9 Å². The lowest BCUT2D eigenvalue weighted by Gasteiger charge is -2.16. The number of pyridine rings is 1. The molecular weight excluding hydrogens is 164 g/mol. The molecule has 1 saturated heterocycles. The molecule has 3 nitrogen and oxygen atoms in total. The van der Waals surface area contributed by atoms with Crippen molar-refractivity contribution in [3.8, 4) is 0 Å². The number of hydrogen-bond acceptors (Lipinski definition) is 3. The zero-order chi connectivity index (χ0) is 9.26. The maximum absolute atomic E-state index is 9.36. The Morgan fingerprint density at radius 2 is 2.46 bits per heavy atom. The van der Waals surface area contributed by atoms with Crippen LogP contribution in [0.3, 0.4) is 0 Å². The lowest BCUT2D eigenvalue weighted by Crippen LogP contribution is -2.22. The largest absolute Gasteiger partial charge is 0.391 e. The van der Waals surface area contributed by atoms with E-state index in [1.54, 1.807) is 0 Å². The van der Waals surface area contributed by atoms with Gasteiger partial charge in [-0.3, -0.25) is 0 Å². The number of anilines is 1. The summed E-state index contributed by atoms with van der Waals surface area (Å²) >= 11 is 0. The van der Waals surface area contributed by atoms with E-state index in [0.717, 1.165) is 25.3 Å². The first-order valence-corrected chi connectivity index (χ1v) is 4.61. The van der Waals surface area contributed by atoms with Gasteiger partial charge in [0.25, 0.3) is 0 Å². The summed E-state index contributed by atoms with van der Waals surface area (Å²) in [5, 5.41) is 9.36. The average molecular weight is 178 g/mol. The Kier molecular flexibility index (Phi) is 2.19.